The molecule has 0 amide bonds. The van der Waals surface area contributed by atoms with E-state index in [0.29, 0.717) is 5.58 Å². The fourth-order valence-electron chi connectivity index (χ4n) is 1.70. The maximum absolute atomic E-state index is 9.27. The van der Waals surface area contributed by atoms with Crippen LogP contribution >= 0.6 is 0 Å². The van der Waals surface area contributed by atoms with E-state index < -0.39 is 0 Å². The molecule has 2 aromatic heterocycles. The second kappa shape index (κ2) is 2.23. The molecule has 4 heteroatoms. The van der Waals surface area contributed by atoms with Gasteiger partial charge in [0.05, 0.1) is 0 Å². The molecule has 70 valence electrons. The van der Waals surface area contributed by atoms with Gasteiger partial charge in [0.15, 0.2) is 5.88 Å². The molecule has 0 aliphatic rings. The number of hydrogen-bond acceptors (Lipinski definition) is 3. The van der Waals surface area contributed by atoms with Gasteiger partial charge in [-0.2, -0.15) is 0 Å². The van der Waals surface area contributed by atoms with Gasteiger partial charge in [-0.1, -0.05) is 0 Å². The Hall–Kier alpha value is -2.10. The molecular formula is C10H7NO3. The first-order valence-electron chi connectivity index (χ1n) is 4.17. The van der Waals surface area contributed by atoms with Crippen LogP contribution in [0, 0.1) is 0 Å². The number of H-pyrrole nitrogens is 1. The predicted octanol–water partition coefficient (Wildman–Crippen LogP) is 2.33. The van der Waals surface area contributed by atoms with E-state index in [1.165, 1.54) is 6.07 Å². The lowest BCUT2D eigenvalue weighted by Gasteiger charge is -1.89. The quantitative estimate of drug-likeness (QED) is 0.508. The Bertz CT molecular complexity index is 565. The number of furan rings is 1. The van der Waals surface area contributed by atoms with Crippen molar-refractivity contribution in [1.29, 1.82) is 0 Å². The first-order chi connectivity index (χ1) is 6.74. The smallest absolute Gasteiger partial charge is 0.282 e. The summed E-state index contributed by atoms with van der Waals surface area (Å²) in [7, 11) is 0. The highest BCUT2D eigenvalue weighted by Gasteiger charge is 2.08. The van der Waals surface area contributed by atoms with E-state index in [2.05, 4.69) is 4.98 Å². The van der Waals surface area contributed by atoms with Gasteiger partial charge in [0.2, 0.25) is 0 Å². The summed E-state index contributed by atoms with van der Waals surface area (Å²) in [6.07, 6.45) is 0. The Labute approximate surface area is 78.4 Å². The van der Waals surface area contributed by atoms with Gasteiger partial charge in [0, 0.05) is 28.4 Å². The van der Waals surface area contributed by atoms with Gasteiger partial charge in [-0.05, 0) is 12.1 Å². The summed E-state index contributed by atoms with van der Waals surface area (Å²) in [5.74, 6) is -0.0126. The van der Waals surface area contributed by atoms with E-state index >= 15 is 0 Å². The molecule has 0 unspecified atom stereocenters. The molecular weight excluding hydrogens is 182 g/mol. The number of rotatable bonds is 0. The van der Waals surface area contributed by atoms with Crippen LogP contribution in [0.4, 0.5) is 0 Å². The molecule has 0 aliphatic heterocycles. The third kappa shape index (κ3) is 0.821. The number of benzene rings is 1. The zero-order valence-electron chi connectivity index (χ0n) is 7.11. The highest BCUT2D eigenvalue weighted by atomic mass is 16.5. The number of hydrogen-bond donors (Lipinski definition) is 3. The Morgan fingerprint density at radius 3 is 2.79 bits per heavy atom. The Morgan fingerprint density at radius 1 is 1.07 bits per heavy atom. The van der Waals surface area contributed by atoms with Gasteiger partial charge in [-0.25, -0.2) is 0 Å². The minimum absolute atomic E-state index is 0.105. The lowest BCUT2D eigenvalue weighted by atomic mass is 10.2. The summed E-state index contributed by atoms with van der Waals surface area (Å²) in [6, 6.07) is 6.67. The molecule has 4 nitrogen and oxygen atoms in total. The summed E-state index contributed by atoms with van der Waals surface area (Å²) < 4.78 is 5.05. The van der Waals surface area contributed by atoms with Crippen molar-refractivity contribution in [2.75, 3.05) is 0 Å². The predicted molar refractivity (Wildman–Crippen MR) is 51.4 cm³/mol. The fourth-order valence-corrected chi connectivity index (χ4v) is 1.70. The van der Waals surface area contributed by atoms with Crippen molar-refractivity contribution in [2.45, 2.75) is 0 Å². The van der Waals surface area contributed by atoms with Crippen molar-refractivity contribution in [3.8, 4) is 11.8 Å². The first kappa shape index (κ1) is 7.32. The van der Waals surface area contributed by atoms with Crippen molar-refractivity contribution < 1.29 is 14.6 Å². The summed E-state index contributed by atoms with van der Waals surface area (Å²) in [5.41, 5.74) is 1.42. The van der Waals surface area contributed by atoms with Crippen LogP contribution in [0.5, 0.6) is 11.8 Å². The van der Waals surface area contributed by atoms with Crippen LogP contribution in [-0.4, -0.2) is 15.2 Å². The first-order valence-corrected chi connectivity index (χ1v) is 4.17. The Morgan fingerprint density at radius 2 is 1.93 bits per heavy atom. The van der Waals surface area contributed by atoms with Crippen molar-refractivity contribution in [2.24, 2.45) is 0 Å². The number of aromatic nitrogens is 1. The van der Waals surface area contributed by atoms with Crippen LogP contribution in [-0.2, 0) is 0 Å². The van der Waals surface area contributed by atoms with Crippen LogP contribution in [0.2, 0.25) is 0 Å². The Kier molecular flexibility index (Phi) is 1.16. The van der Waals surface area contributed by atoms with Crippen LogP contribution in [0.25, 0.3) is 21.9 Å². The molecule has 0 fully saturated rings. The molecule has 3 rings (SSSR count). The average Bonchev–Trinajstić information content (AvgIpc) is 2.65. The zero-order chi connectivity index (χ0) is 9.71. The maximum atomic E-state index is 9.27. The molecule has 0 saturated heterocycles. The largest absolute Gasteiger partial charge is 0.495 e. The van der Waals surface area contributed by atoms with Gasteiger partial charge in [-0.15, -0.1) is 0 Å². The van der Waals surface area contributed by atoms with Gasteiger partial charge in [-0.3, -0.25) is 0 Å². The van der Waals surface area contributed by atoms with Crippen LogP contribution in [0.15, 0.2) is 28.7 Å². The molecule has 3 N–H and O–H groups in total. The second-order valence-electron chi connectivity index (χ2n) is 3.18. The molecule has 0 bridgehead atoms. The Balaban J connectivity index is 2.58. The number of aromatic hydroxyl groups is 2. The summed E-state index contributed by atoms with van der Waals surface area (Å²) in [5, 5.41) is 20.1. The molecule has 14 heavy (non-hydrogen) atoms. The van der Waals surface area contributed by atoms with Gasteiger partial charge in [0.1, 0.15) is 5.58 Å². The fraction of sp³-hybridized carbons (Fsp3) is 0. The monoisotopic (exact) mass is 189 g/mol. The number of nitrogens with one attached hydrogen (secondary N) is 1. The SMILES string of the molecule is Oc1cc2c(ccc3oc(O)cc32)[nH]1. The molecule has 3 aromatic rings. The van der Waals surface area contributed by atoms with E-state index in [1.54, 1.807) is 18.2 Å². The third-order valence-corrected chi connectivity index (χ3v) is 2.27. The number of fused-ring (bicyclic) bond motifs is 3. The molecule has 0 radical (unpaired) electrons. The van der Waals surface area contributed by atoms with Crippen LogP contribution in [0.3, 0.4) is 0 Å². The molecule has 0 aliphatic carbocycles. The van der Waals surface area contributed by atoms with Crippen molar-refractivity contribution in [3.63, 3.8) is 0 Å². The zero-order valence-corrected chi connectivity index (χ0v) is 7.11. The van der Waals surface area contributed by atoms with Crippen molar-refractivity contribution in [3.05, 3.63) is 24.3 Å². The van der Waals surface area contributed by atoms with Gasteiger partial charge >= 0.3 is 0 Å². The van der Waals surface area contributed by atoms with Crippen LogP contribution in [0.1, 0.15) is 0 Å². The average molecular weight is 189 g/mol. The highest BCUT2D eigenvalue weighted by Crippen LogP contribution is 2.32. The molecule has 2 heterocycles. The van der Waals surface area contributed by atoms with Gasteiger partial charge in [0.25, 0.3) is 5.95 Å². The summed E-state index contributed by atoms with van der Waals surface area (Å²) in [6.45, 7) is 0. The minimum atomic E-state index is -0.117. The lowest BCUT2D eigenvalue weighted by Crippen LogP contribution is -1.67. The highest BCUT2D eigenvalue weighted by molar-refractivity contribution is 6.05. The topological polar surface area (TPSA) is 69.4 Å². The van der Waals surface area contributed by atoms with E-state index in [0.717, 1.165) is 16.3 Å². The third-order valence-electron chi connectivity index (χ3n) is 2.27. The van der Waals surface area contributed by atoms with Crippen LogP contribution < -0.4 is 0 Å². The maximum Gasteiger partial charge on any atom is 0.282 e. The van der Waals surface area contributed by atoms with Crippen molar-refractivity contribution >= 4 is 21.9 Å². The number of aromatic amines is 1. The minimum Gasteiger partial charge on any atom is -0.495 e. The van der Waals surface area contributed by atoms with E-state index in [4.69, 9.17) is 4.42 Å². The van der Waals surface area contributed by atoms with Gasteiger partial charge < -0.3 is 19.6 Å². The van der Waals surface area contributed by atoms with E-state index in [1.807, 2.05) is 0 Å². The lowest BCUT2D eigenvalue weighted by molar-refractivity contribution is 0.346. The summed E-state index contributed by atoms with van der Waals surface area (Å²) >= 11 is 0. The normalized spacial score (nSPS) is 11.4. The molecule has 0 saturated carbocycles. The molecule has 0 atom stereocenters. The van der Waals surface area contributed by atoms with Crippen molar-refractivity contribution in [1.82, 2.24) is 4.98 Å². The standard InChI is InChI=1S/C10H7NO3/c12-9-3-5-6-4-10(13)14-8(6)2-1-7(5)11-9/h1-4,11-13H. The van der Waals surface area contributed by atoms with E-state index in [9.17, 15) is 10.2 Å². The summed E-state index contributed by atoms with van der Waals surface area (Å²) in [4.78, 5) is 2.79. The second-order valence-corrected chi connectivity index (χ2v) is 3.18. The molecule has 0 spiro atoms. The van der Waals surface area contributed by atoms with E-state index in [-0.39, 0.29) is 11.8 Å². The molecule has 1 aromatic carbocycles.